The third-order valence-corrected chi connectivity index (χ3v) is 4.14. The molecule has 0 N–H and O–H groups in total. The van der Waals surface area contributed by atoms with Crippen LogP contribution in [0.15, 0.2) is 72.9 Å². The summed E-state index contributed by atoms with van der Waals surface area (Å²) in [7, 11) is 1.63. The first-order valence-corrected chi connectivity index (χ1v) is 7.45. The van der Waals surface area contributed by atoms with Gasteiger partial charge in [-0.15, -0.1) is 0 Å². The number of methoxy groups -OCH3 is 1. The van der Waals surface area contributed by atoms with Crippen LogP contribution in [0.3, 0.4) is 0 Å². The monoisotopic (exact) mass is 301 g/mol. The molecule has 0 unspecified atom stereocenters. The zero-order chi connectivity index (χ0) is 15.8. The molecule has 0 atom stereocenters. The normalized spacial score (nSPS) is 11.0. The standard InChI is InChI=1S/C20H15NO2/c1-23-16-10-9-15-11-12-21(19(15)13-16)20(22)18-8-4-6-14-5-2-3-7-17(14)18/h2-13H,1H3. The summed E-state index contributed by atoms with van der Waals surface area (Å²) < 4.78 is 6.96. The maximum Gasteiger partial charge on any atom is 0.262 e. The van der Waals surface area contributed by atoms with Crippen molar-refractivity contribution in [2.75, 3.05) is 7.11 Å². The second-order valence-corrected chi connectivity index (χ2v) is 5.44. The maximum absolute atomic E-state index is 13.1. The van der Waals surface area contributed by atoms with Crippen LogP contribution in [-0.2, 0) is 0 Å². The molecule has 23 heavy (non-hydrogen) atoms. The molecule has 3 nitrogen and oxygen atoms in total. The first-order valence-electron chi connectivity index (χ1n) is 7.45. The van der Waals surface area contributed by atoms with E-state index >= 15 is 0 Å². The molecule has 0 aliphatic rings. The van der Waals surface area contributed by atoms with Crippen molar-refractivity contribution in [3.05, 3.63) is 78.5 Å². The summed E-state index contributed by atoms with van der Waals surface area (Å²) in [5.41, 5.74) is 1.55. The van der Waals surface area contributed by atoms with Crippen LogP contribution < -0.4 is 4.74 Å². The molecule has 0 aliphatic heterocycles. The second-order valence-electron chi connectivity index (χ2n) is 5.44. The number of carbonyl (C=O) groups excluding carboxylic acids is 1. The fourth-order valence-electron chi connectivity index (χ4n) is 2.95. The fraction of sp³-hybridized carbons (Fsp3) is 0.0500. The molecule has 0 aliphatic carbocycles. The van der Waals surface area contributed by atoms with Gasteiger partial charge in [0, 0.05) is 23.2 Å². The van der Waals surface area contributed by atoms with Crippen LogP contribution in [0.4, 0.5) is 0 Å². The van der Waals surface area contributed by atoms with Crippen molar-refractivity contribution in [1.82, 2.24) is 4.57 Å². The smallest absolute Gasteiger partial charge is 0.262 e. The number of rotatable bonds is 2. The average molecular weight is 301 g/mol. The molecule has 0 amide bonds. The summed E-state index contributed by atoms with van der Waals surface area (Å²) in [5.74, 6) is 0.702. The Morgan fingerprint density at radius 1 is 0.913 bits per heavy atom. The van der Waals surface area contributed by atoms with Gasteiger partial charge in [0.15, 0.2) is 0 Å². The molecule has 4 rings (SSSR count). The molecule has 3 heteroatoms. The molecule has 0 saturated heterocycles. The largest absolute Gasteiger partial charge is 0.497 e. The lowest BCUT2D eigenvalue weighted by Crippen LogP contribution is -2.11. The molecule has 3 aromatic carbocycles. The number of nitrogens with zero attached hydrogens (tertiary/aromatic N) is 1. The van der Waals surface area contributed by atoms with Crippen molar-refractivity contribution in [1.29, 1.82) is 0 Å². The molecule has 1 aromatic heterocycles. The van der Waals surface area contributed by atoms with Crippen LogP contribution in [0.5, 0.6) is 5.75 Å². The van der Waals surface area contributed by atoms with E-state index in [1.165, 1.54) is 0 Å². The lowest BCUT2D eigenvalue weighted by Gasteiger charge is -2.08. The van der Waals surface area contributed by atoms with E-state index in [0.29, 0.717) is 5.56 Å². The van der Waals surface area contributed by atoms with Crippen LogP contribution in [0, 0.1) is 0 Å². The molecule has 0 radical (unpaired) electrons. The Labute approximate surface area is 133 Å². The van der Waals surface area contributed by atoms with E-state index in [1.807, 2.05) is 72.9 Å². The zero-order valence-corrected chi connectivity index (χ0v) is 12.7. The van der Waals surface area contributed by atoms with Gasteiger partial charge in [0.05, 0.1) is 12.6 Å². The summed E-state index contributed by atoms with van der Waals surface area (Å²) in [6.45, 7) is 0. The maximum atomic E-state index is 13.1. The predicted molar refractivity (Wildman–Crippen MR) is 92.2 cm³/mol. The predicted octanol–water partition coefficient (Wildman–Crippen LogP) is 4.49. The molecule has 0 bridgehead atoms. The number of aromatic nitrogens is 1. The van der Waals surface area contributed by atoms with E-state index in [-0.39, 0.29) is 5.91 Å². The van der Waals surface area contributed by atoms with Crippen LogP contribution in [0.1, 0.15) is 10.4 Å². The van der Waals surface area contributed by atoms with Crippen molar-refractivity contribution in [2.45, 2.75) is 0 Å². The van der Waals surface area contributed by atoms with E-state index in [9.17, 15) is 4.79 Å². The molecule has 0 saturated carbocycles. The Hall–Kier alpha value is -3.07. The van der Waals surface area contributed by atoms with Gasteiger partial charge in [-0.3, -0.25) is 9.36 Å². The highest BCUT2D eigenvalue weighted by Gasteiger charge is 2.14. The number of carbonyl (C=O) groups is 1. The first-order chi connectivity index (χ1) is 11.3. The van der Waals surface area contributed by atoms with Gasteiger partial charge in [-0.25, -0.2) is 0 Å². The number of ether oxygens (including phenoxy) is 1. The Kier molecular flexibility index (Phi) is 3.12. The number of hydrogen-bond donors (Lipinski definition) is 0. The molecular weight excluding hydrogens is 286 g/mol. The highest BCUT2D eigenvalue weighted by Crippen LogP contribution is 2.25. The highest BCUT2D eigenvalue weighted by molar-refractivity contribution is 6.10. The molecular formula is C20H15NO2. The van der Waals surface area contributed by atoms with Gasteiger partial charge in [-0.2, -0.15) is 0 Å². The average Bonchev–Trinajstić information content (AvgIpc) is 3.03. The Morgan fingerprint density at radius 2 is 1.74 bits per heavy atom. The minimum atomic E-state index is -0.0370. The number of fused-ring (bicyclic) bond motifs is 2. The van der Waals surface area contributed by atoms with E-state index in [1.54, 1.807) is 11.7 Å². The quantitative estimate of drug-likeness (QED) is 0.546. The molecule has 0 fully saturated rings. The van der Waals surface area contributed by atoms with Crippen LogP contribution in [-0.4, -0.2) is 17.6 Å². The van der Waals surface area contributed by atoms with Gasteiger partial charge in [-0.1, -0.05) is 36.4 Å². The molecule has 112 valence electrons. The van der Waals surface area contributed by atoms with Crippen molar-refractivity contribution < 1.29 is 9.53 Å². The Balaban J connectivity index is 1.91. The fourth-order valence-corrected chi connectivity index (χ4v) is 2.95. The lowest BCUT2D eigenvalue weighted by molar-refractivity contribution is 0.0966. The summed E-state index contributed by atoms with van der Waals surface area (Å²) in [6.07, 6.45) is 1.81. The van der Waals surface area contributed by atoms with E-state index < -0.39 is 0 Å². The highest BCUT2D eigenvalue weighted by atomic mass is 16.5. The summed E-state index contributed by atoms with van der Waals surface area (Å²) in [6, 6.07) is 21.4. The topological polar surface area (TPSA) is 31.2 Å². The Bertz CT molecular complexity index is 1020. The summed E-state index contributed by atoms with van der Waals surface area (Å²) >= 11 is 0. The number of benzene rings is 3. The first kappa shape index (κ1) is 13.6. The number of hydrogen-bond acceptors (Lipinski definition) is 2. The van der Waals surface area contributed by atoms with Gasteiger partial charge >= 0.3 is 0 Å². The van der Waals surface area contributed by atoms with Gasteiger partial charge in [0.25, 0.3) is 5.91 Å². The van der Waals surface area contributed by atoms with Gasteiger partial charge in [0.1, 0.15) is 5.75 Å². The van der Waals surface area contributed by atoms with Crippen LogP contribution in [0.25, 0.3) is 21.7 Å². The van der Waals surface area contributed by atoms with Gasteiger partial charge in [-0.05, 0) is 35.0 Å². The van der Waals surface area contributed by atoms with Gasteiger partial charge < -0.3 is 4.74 Å². The minimum absolute atomic E-state index is 0.0370. The van der Waals surface area contributed by atoms with Crippen molar-refractivity contribution >= 4 is 27.6 Å². The van der Waals surface area contributed by atoms with E-state index in [2.05, 4.69) is 0 Å². The molecule has 0 spiro atoms. The molecule has 4 aromatic rings. The van der Waals surface area contributed by atoms with Gasteiger partial charge in [0.2, 0.25) is 0 Å². The Morgan fingerprint density at radius 3 is 2.61 bits per heavy atom. The third kappa shape index (κ3) is 2.18. The summed E-state index contributed by atoms with van der Waals surface area (Å²) in [5, 5.41) is 3.04. The second kappa shape index (κ2) is 5.29. The van der Waals surface area contributed by atoms with E-state index in [0.717, 1.165) is 27.4 Å². The third-order valence-electron chi connectivity index (χ3n) is 4.14. The van der Waals surface area contributed by atoms with Crippen LogP contribution in [0.2, 0.25) is 0 Å². The SMILES string of the molecule is COc1ccc2ccn(C(=O)c3cccc4ccccc34)c2c1. The minimum Gasteiger partial charge on any atom is -0.497 e. The molecule has 1 heterocycles. The van der Waals surface area contributed by atoms with E-state index in [4.69, 9.17) is 4.74 Å². The lowest BCUT2D eigenvalue weighted by atomic mass is 10.0. The summed E-state index contributed by atoms with van der Waals surface area (Å²) in [4.78, 5) is 13.1. The van der Waals surface area contributed by atoms with Crippen molar-refractivity contribution in [3.8, 4) is 5.75 Å². The van der Waals surface area contributed by atoms with Crippen molar-refractivity contribution in [2.24, 2.45) is 0 Å². The van der Waals surface area contributed by atoms with Crippen molar-refractivity contribution in [3.63, 3.8) is 0 Å². The van der Waals surface area contributed by atoms with Crippen LogP contribution >= 0.6 is 0 Å². The zero-order valence-electron chi connectivity index (χ0n) is 12.7.